The highest BCUT2D eigenvalue weighted by Crippen LogP contribution is 2.37. The third kappa shape index (κ3) is 2.48. The summed E-state index contributed by atoms with van der Waals surface area (Å²) in [5.74, 6) is 0.760. The summed E-state index contributed by atoms with van der Waals surface area (Å²) in [7, 11) is 1.57. The molecule has 2 heterocycles. The Morgan fingerprint density at radius 2 is 2.22 bits per heavy atom. The fourth-order valence-electron chi connectivity index (χ4n) is 2.60. The Balaban J connectivity index is 2.19. The minimum Gasteiger partial charge on any atom is -0.496 e. The number of carbonyl (C=O) groups excluding carboxylic acids is 1. The molecule has 3 rings (SSSR count). The molecule has 1 atom stereocenters. The number of benzene rings is 1. The molecule has 2 aromatic rings. The first-order chi connectivity index (χ1) is 11.2. The van der Waals surface area contributed by atoms with Crippen molar-refractivity contribution in [3.8, 4) is 5.75 Å². The number of anilines is 1. The Hall–Kier alpha value is -3.03. The third-order valence-electron chi connectivity index (χ3n) is 3.56. The molecule has 0 bridgehead atoms. The highest BCUT2D eigenvalue weighted by Gasteiger charge is 2.36. The quantitative estimate of drug-likeness (QED) is 0.812. The Labute approximate surface area is 132 Å². The highest BCUT2D eigenvalue weighted by molar-refractivity contribution is 5.92. The summed E-state index contributed by atoms with van der Waals surface area (Å²) in [4.78, 5) is 16.5. The predicted octanol–water partition coefficient (Wildman–Crippen LogP) is 1.03. The summed E-state index contributed by atoms with van der Waals surface area (Å²) in [6.07, 6.45) is 1.39. The highest BCUT2D eigenvalue weighted by atomic mass is 16.5. The van der Waals surface area contributed by atoms with Gasteiger partial charge in [-0.25, -0.2) is 9.48 Å². The van der Waals surface area contributed by atoms with Crippen molar-refractivity contribution >= 4 is 11.9 Å². The average molecular weight is 315 g/mol. The number of aromatic nitrogens is 3. The van der Waals surface area contributed by atoms with Gasteiger partial charge >= 0.3 is 5.97 Å². The van der Waals surface area contributed by atoms with E-state index in [0.717, 1.165) is 5.56 Å². The number of rotatable bonds is 4. The van der Waals surface area contributed by atoms with Crippen LogP contribution in [0.5, 0.6) is 5.75 Å². The molecule has 0 saturated carbocycles. The monoisotopic (exact) mass is 315 g/mol. The minimum atomic E-state index is -0.580. The van der Waals surface area contributed by atoms with Gasteiger partial charge in [-0.05, 0) is 13.0 Å². The van der Waals surface area contributed by atoms with E-state index in [9.17, 15) is 4.79 Å². The zero-order valence-electron chi connectivity index (χ0n) is 12.8. The van der Waals surface area contributed by atoms with E-state index >= 15 is 0 Å². The van der Waals surface area contributed by atoms with Gasteiger partial charge in [0, 0.05) is 5.56 Å². The number of nitrogens with two attached hydrogens (primary N) is 1. The molecule has 0 radical (unpaired) electrons. The number of nitrogens with one attached hydrogen (secondary N) is 1. The Morgan fingerprint density at radius 1 is 1.43 bits per heavy atom. The van der Waals surface area contributed by atoms with Gasteiger partial charge in [-0.15, -0.1) is 0 Å². The Kier molecular flexibility index (Phi) is 3.88. The minimum absolute atomic E-state index is 0.194. The van der Waals surface area contributed by atoms with E-state index in [-0.39, 0.29) is 18.0 Å². The average Bonchev–Trinajstić information content (AvgIpc) is 3.01. The molecule has 8 heteroatoms. The number of ether oxygens (including phenoxy) is 2. The van der Waals surface area contributed by atoms with Gasteiger partial charge in [0.25, 0.3) is 0 Å². The molecule has 3 N–H and O–H groups in total. The molecule has 8 nitrogen and oxygen atoms in total. The topological polar surface area (TPSA) is 104 Å². The number of fused-ring (bicyclic) bond motifs is 1. The van der Waals surface area contributed by atoms with E-state index in [1.165, 1.54) is 6.33 Å². The second-order valence-corrected chi connectivity index (χ2v) is 4.85. The van der Waals surface area contributed by atoms with Crippen LogP contribution >= 0.6 is 0 Å². The molecular weight excluding hydrogens is 298 g/mol. The number of para-hydroxylation sites is 1. The van der Waals surface area contributed by atoms with Crippen molar-refractivity contribution in [1.82, 2.24) is 14.8 Å². The number of carbonyl (C=O) groups is 1. The van der Waals surface area contributed by atoms with Crippen molar-refractivity contribution in [1.29, 1.82) is 0 Å². The molecule has 0 fully saturated rings. The Bertz CT molecular complexity index is 768. The Morgan fingerprint density at radius 3 is 2.96 bits per heavy atom. The maximum atomic E-state index is 12.4. The molecule has 1 aromatic heterocycles. The summed E-state index contributed by atoms with van der Waals surface area (Å²) < 4.78 is 12.1. The molecule has 1 aliphatic rings. The number of nitrogens with zero attached hydrogens (tertiary/aromatic N) is 3. The van der Waals surface area contributed by atoms with Crippen LogP contribution in [-0.2, 0) is 9.53 Å². The predicted molar refractivity (Wildman–Crippen MR) is 82.6 cm³/mol. The maximum Gasteiger partial charge on any atom is 0.340 e. The van der Waals surface area contributed by atoms with E-state index in [4.69, 9.17) is 15.2 Å². The van der Waals surface area contributed by atoms with Gasteiger partial charge in [0.1, 0.15) is 29.5 Å². The van der Waals surface area contributed by atoms with Crippen molar-refractivity contribution in [2.24, 2.45) is 5.73 Å². The third-order valence-corrected chi connectivity index (χ3v) is 3.56. The first kappa shape index (κ1) is 14.9. The molecule has 1 unspecified atom stereocenters. The normalized spacial score (nSPS) is 16.5. The fraction of sp³-hybridized carbons (Fsp3) is 0.267. The summed E-state index contributed by atoms with van der Waals surface area (Å²) in [6.45, 7) is 1.99. The maximum absolute atomic E-state index is 12.4. The van der Waals surface area contributed by atoms with Crippen molar-refractivity contribution in [3.05, 3.63) is 47.6 Å². The molecule has 23 heavy (non-hydrogen) atoms. The summed E-state index contributed by atoms with van der Waals surface area (Å²) in [6, 6.07) is 6.79. The molecule has 1 aliphatic heterocycles. The first-order valence-electron chi connectivity index (χ1n) is 7.13. The smallest absolute Gasteiger partial charge is 0.340 e. The molecule has 0 amide bonds. The van der Waals surface area contributed by atoms with Gasteiger partial charge in [-0.2, -0.15) is 10.1 Å². The van der Waals surface area contributed by atoms with Crippen LogP contribution in [0.4, 0.5) is 5.95 Å². The second kappa shape index (κ2) is 5.99. The van der Waals surface area contributed by atoms with E-state index in [2.05, 4.69) is 15.4 Å². The lowest BCUT2D eigenvalue weighted by atomic mass is 9.96. The van der Waals surface area contributed by atoms with Gasteiger partial charge in [0.2, 0.25) is 5.95 Å². The lowest BCUT2D eigenvalue weighted by Gasteiger charge is -2.28. The number of methoxy groups -OCH3 is 1. The van der Waals surface area contributed by atoms with Crippen LogP contribution in [0.15, 0.2) is 42.0 Å². The molecule has 120 valence electrons. The lowest BCUT2D eigenvalue weighted by Crippen LogP contribution is -2.33. The van der Waals surface area contributed by atoms with Crippen molar-refractivity contribution in [2.45, 2.75) is 13.0 Å². The van der Waals surface area contributed by atoms with Crippen LogP contribution < -0.4 is 15.8 Å². The molecule has 1 aromatic carbocycles. The van der Waals surface area contributed by atoms with Crippen molar-refractivity contribution in [2.75, 3.05) is 19.0 Å². The summed E-state index contributed by atoms with van der Waals surface area (Å²) in [5.41, 5.74) is 7.07. The van der Waals surface area contributed by atoms with Gasteiger partial charge in [-0.1, -0.05) is 18.2 Å². The fourth-order valence-corrected chi connectivity index (χ4v) is 2.60. The van der Waals surface area contributed by atoms with Crippen LogP contribution in [0.2, 0.25) is 0 Å². The largest absolute Gasteiger partial charge is 0.496 e. The molecule has 0 saturated heterocycles. The summed E-state index contributed by atoms with van der Waals surface area (Å²) in [5, 5.41) is 7.08. The standard InChI is InChI=1S/C15H17N5O3/c1-3-23-14(21)11-12(9-6-4-5-7-10(9)22-2)20-15(17-8-18-20)19-13(11)16/h4-8,12H,3,16H2,1-2H3,(H,17,18,19). The number of esters is 1. The second-order valence-electron chi connectivity index (χ2n) is 4.85. The lowest BCUT2D eigenvalue weighted by molar-refractivity contribution is -0.139. The van der Waals surface area contributed by atoms with Gasteiger partial charge < -0.3 is 20.5 Å². The van der Waals surface area contributed by atoms with Crippen LogP contribution in [-0.4, -0.2) is 34.5 Å². The van der Waals surface area contributed by atoms with E-state index in [1.54, 1.807) is 18.7 Å². The molecule has 0 spiro atoms. The van der Waals surface area contributed by atoms with E-state index in [0.29, 0.717) is 11.7 Å². The van der Waals surface area contributed by atoms with E-state index in [1.807, 2.05) is 24.3 Å². The zero-order chi connectivity index (χ0) is 16.4. The van der Waals surface area contributed by atoms with E-state index < -0.39 is 12.0 Å². The van der Waals surface area contributed by atoms with Gasteiger partial charge in [0.15, 0.2) is 0 Å². The van der Waals surface area contributed by atoms with Crippen molar-refractivity contribution in [3.63, 3.8) is 0 Å². The molecular formula is C15H17N5O3. The number of hydrogen-bond acceptors (Lipinski definition) is 7. The zero-order valence-corrected chi connectivity index (χ0v) is 12.8. The van der Waals surface area contributed by atoms with Crippen molar-refractivity contribution < 1.29 is 14.3 Å². The number of hydrogen-bond donors (Lipinski definition) is 2. The van der Waals surface area contributed by atoms with Gasteiger partial charge in [0.05, 0.1) is 13.7 Å². The van der Waals surface area contributed by atoms with Crippen LogP contribution in [0, 0.1) is 0 Å². The van der Waals surface area contributed by atoms with Crippen LogP contribution in [0.1, 0.15) is 18.5 Å². The van der Waals surface area contributed by atoms with Gasteiger partial charge in [-0.3, -0.25) is 0 Å². The SMILES string of the molecule is CCOC(=O)C1=C(N)Nc2ncnn2C1c1ccccc1OC. The molecule has 0 aliphatic carbocycles. The van der Waals surface area contributed by atoms with Crippen LogP contribution in [0.25, 0.3) is 0 Å². The summed E-state index contributed by atoms with van der Waals surface area (Å²) >= 11 is 0. The first-order valence-corrected chi connectivity index (χ1v) is 7.13. The van der Waals surface area contributed by atoms with Crippen LogP contribution in [0.3, 0.4) is 0 Å².